The Balaban J connectivity index is 1.61. The maximum Gasteiger partial charge on any atom is 0.253 e. The predicted molar refractivity (Wildman–Crippen MR) is 119 cm³/mol. The second-order valence-electron chi connectivity index (χ2n) is 7.59. The number of halogens is 1. The molecule has 1 aliphatic heterocycles. The van der Waals surface area contributed by atoms with E-state index in [-0.39, 0.29) is 55.1 Å². The van der Waals surface area contributed by atoms with Gasteiger partial charge < -0.3 is 9.80 Å². The normalized spacial score (nSPS) is 14.9. The van der Waals surface area contributed by atoms with Crippen molar-refractivity contribution in [3.8, 4) is 0 Å². The molecule has 0 bridgehead atoms. The molecule has 0 aromatic heterocycles. The number of benzene rings is 2. The van der Waals surface area contributed by atoms with E-state index in [1.54, 1.807) is 21.9 Å². The SMILES string of the molecule is CCN(CC)C(=O)c1ccc(S(=O)(=O)N2CCN(C(=O)Cc3ccc(F)cc3)CC2)cc1. The van der Waals surface area contributed by atoms with Crippen LogP contribution in [0.5, 0.6) is 0 Å². The minimum absolute atomic E-state index is 0.118. The Morgan fingerprint density at radius 1 is 0.906 bits per heavy atom. The monoisotopic (exact) mass is 461 g/mol. The highest BCUT2D eigenvalue weighted by Crippen LogP contribution is 2.19. The van der Waals surface area contributed by atoms with Crippen LogP contribution >= 0.6 is 0 Å². The van der Waals surface area contributed by atoms with Crippen molar-refractivity contribution >= 4 is 21.8 Å². The summed E-state index contributed by atoms with van der Waals surface area (Å²) in [6, 6.07) is 11.8. The zero-order valence-corrected chi connectivity index (χ0v) is 19.1. The average Bonchev–Trinajstić information content (AvgIpc) is 2.81. The van der Waals surface area contributed by atoms with Crippen LogP contribution in [0.2, 0.25) is 0 Å². The van der Waals surface area contributed by atoms with Crippen molar-refractivity contribution in [1.82, 2.24) is 14.1 Å². The number of amides is 2. The molecule has 7 nitrogen and oxygen atoms in total. The van der Waals surface area contributed by atoms with Crippen LogP contribution in [0.25, 0.3) is 0 Å². The second-order valence-corrected chi connectivity index (χ2v) is 9.53. The van der Waals surface area contributed by atoms with Crippen molar-refractivity contribution in [3.63, 3.8) is 0 Å². The van der Waals surface area contributed by atoms with Gasteiger partial charge in [0.2, 0.25) is 15.9 Å². The number of carbonyl (C=O) groups excluding carboxylic acids is 2. The molecule has 0 unspecified atom stereocenters. The van der Waals surface area contributed by atoms with E-state index < -0.39 is 10.0 Å². The van der Waals surface area contributed by atoms with Crippen LogP contribution in [0.15, 0.2) is 53.4 Å². The van der Waals surface area contributed by atoms with Crippen LogP contribution in [0.3, 0.4) is 0 Å². The minimum Gasteiger partial charge on any atom is -0.340 e. The van der Waals surface area contributed by atoms with E-state index in [1.165, 1.54) is 40.7 Å². The Hall–Kier alpha value is -2.78. The van der Waals surface area contributed by atoms with Crippen molar-refractivity contribution < 1.29 is 22.4 Å². The fraction of sp³-hybridized carbons (Fsp3) is 0.391. The van der Waals surface area contributed by atoms with Crippen molar-refractivity contribution in [2.24, 2.45) is 0 Å². The highest BCUT2D eigenvalue weighted by molar-refractivity contribution is 7.89. The number of hydrogen-bond donors (Lipinski definition) is 0. The van der Waals surface area contributed by atoms with Crippen LogP contribution in [-0.2, 0) is 21.2 Å². The first-order valence-electron chi connectivity index (χ1n) is 10.7. The van der Waals surface area contributed by atoms with Crippen LogP contribution in [0.1, 0.15) is 29.8 Å². The number of hydrogen-bond acceptors (Lipinski definition) is 4. The quantitative estimate of drug-likeness (QED) is 0.634. The van der Waals surface area contributed by atoms with Gasteiger partial charge in [-0.1, -0.05) is 12.1 Å². The smallest absolute Gasteiger partial charge is 0.253 e. The zero-order chi connectivity index (χ0) is 23.3. The first-order chi connectivity index (χ1) is 15.3. The summed E-state index contributed by atoms with van der Waals surface area (Å²) in [5, 5.41) is 0. The van der Waals surface area contributed by atoms with Gasteiger partial charge >= 0.3 is 0 Å². The molecular formula is C23H28FN3O4S. The first kappa shape index (κ1) is 23.9. The predicted octanol–water partition coefficient (Wildman–Crippen LogP) is 2.38. The summed E-state index contributed by atoms with van der Waals surface area (Å²) in [5.74, 6) is -0.606. The summed E-state index contributed by atoms with van der Waals surface area (Å²) in [7, 11) is -3.72. The van der Waals surface area contributed by atoms with E-state index in [0.29, 0.717) is 24.2 Å². The van der Waals surface area contributed by atoms with E-state index in [1.807, 2.05) is 13.8 Å². The molecule has 0 saturated carbocycles. The highest BCUT2D eigenvalue weighted by atomic mass is 32.2. The molecule has 32 heavy (non-hydrogen) atoms. The van der Waals surface area contributed by atoms with Gasteiger partial charge in [-0.2, -0.15) is 4.31 Å². The molecule has 0 atom stereocenters. The summed E-state index contributed by atoms with van der Waals surface area (Å²) in [5.41, 5.74) is 1.16. The number of carbonyl (C=O) groups is 2. The lowest BCUT2D eigenvalue weighted by Gasteiger charge is -2.34. The molecule has 172 valence electrons. The lowest BCUT2D eigenvalue weighted by atomic mass is 10.1. The molecule has 1 fully saturated rings. The molecule has 3 rings (SSSR count). The number of rotatable bonds is 7. The molecule has 2 amide bonds. The summed E-state index contributed by atoms with van der Waals surface area (Å²) in [6.45, 7) is 5.92. The van der Waals surface area contributed by atoms with Gasteiger partial charge in [0.1, 0.15) is 5.82 Å². The lowest BCUT2D eigenvalue weighted by molar-refractivity contribution is -0.131. The first-order valence-corrected chi connectivity index (χ1v) is 12.1. The van der Waals surface area contributed by atoms with E-state index in [0.717, 1.165) is 0 Å². The maximum atomic E-state index is 13.0. The van der Waals surface area contributed by atoms with E-state index >= 15 is 0 Å². The lowest BCUT2D eigenvalue weighted by Crippen LogP contribution is -2.50. The van der Waals surface area contributed by atoms with Gasteiger partial charge in [-0.3, -0.25) is 9.59 Å². The van der Waals surface area contributed by atoms with E-state index in [4.69, 9.17) is 0 Å². The third kappa shape index (κ3) is 5.34. The molecule has 9 heteroatoms. The van der Waals surface area contributed by atoms with Crippen LogP contribution in [0.4, 0.5) is 4.39 Å². The maximum absolute atomic E-state index is 13.0. The zero-order valence-electron chi connectivity index (χ0n) is 18.3. The van der Waals surface area contributed by atoms with Crippen LogP contribution < -0.4 is 0 Å². The van der Waals surface area contributed by atoms with Gasteiger partial charge in [-0.15, -0.1) is 0 Å². The molecule has 2 aromatic rings. The third-order valence-electron chi connectivity index (χ3n) is 5.65. The Morgan fingerprint density at radius 2 is 1.47 bits per heavy atom. The van der Waals surface area contributed by atoms with E-state index in [9.17, 15) is 22.4 Å². The Bertz CT molecular complexity index is 1040. The van der Waals surface area contributed by atoms with Crippen molar-refractivity contribution in [2.75, 3.05) is 39.3 Å². The van der Waals surface area contributed by atoms with Crippen LogP contribution in [-0.4, -0.2) is 73.6 Å². The molecule has 0 aliphatic carbocycles. The summed E-state index contributed by atoms with van der Waals surface area (Å²) in [4.78, 5) is 28.4. The molecule has 1 aliphatic rings. The van der Waals surface area contributed by atoms with E-state index in [2.05, 4.69) is 0 Å². The number of nitrogens with zero attached hydrogens (tertiary/aromatic N) is 3. The number of sulfonamides is 1. The van der Waals surface area contributed by atoms with Crippen molar-refractivity contribution in [1.29, 1.82) is 0 Å². The van der Waals surface area contributed by atoms with Gasteiger partial charge in [0.25, 0.3) is 5.91 Å². The summed E-state index contributed by atoms with van der Waals surface area (Å²) < 4.78 is 40.4. The molecule has 0 radical (unpaired) electrons. The minimum atomic E-state index is -3.72. The molecule has 1 heterocycles. The fourth-order valence-corrected chi connectivity index (χ4v) is 5.10. The molecule has 2 aromatic carbocycles. The molecule has 0 spiro atoms. The van der Waals surface area contributed by atoms with Gasteiger partial charge in [-0.25, -0.2) is 12.8 Å². The number of piperazine rings is 1. The van der Waals surface area contributed by atoms with Gasteiger partial charge in [0, 0.05) is 44.8 Å². The second kappa shape index (κ2) is 10.2. The van der Waals surface area contributed by atoms with Crippen molar-refractivity contribution in [2.45, 2.75) is 25.2 Å². The summed E-state index contributed by atoms with van der Waals surface area (Å²) in [6.07, 6.45) is 0.148. The third-order valence-corrected chi connectivity index (χ3v) is 7.56. The molecule has 1 saturated heterocycles. The standard InChI is InChI=1S/C23H28FN3O4S/c1-3-25(4-2)23(29)19-7-11-21(12-8-19)32(30,31)27-15-13-26(14-16-27)22(28)17-18-5-9-20(24)10-6-18/h5-12H,3-4,13-17H2,1-2H3. The summed E-state index contributed by atoms with van der Waals surface area (Å²) >= 11 is 0. The Morgan fingerprint density at radius 3 is 2.00 bits per heavy atom. The van der Waals surface area contributed by atoms with Gasteiger partial charge in [-0.05, 0) is 55.8 Å². The Labute approximate surface area is 188 Å². The van der Waals surface area contributed by atoms with Crippen LogP contribution in [0, 0.1) is 5.82 Å². The largest absolute Gasteiger partial charge is 0.340 e. The average molecular weight is 462 g/mol. The van der Waals surface area contributed by atoms with Gasteiger partial charge in [0.05, 0.1) is 11.3 Å². The topological polar surface area (TPSA) is 78.0 Å². The molecular weight excluding hydrogens is 433 g/mol. The fourth-order valence-electron chi connectivity index (χ4n) is 3.68. The van der Waals surface area contributed by atoms with Gasteiger partial charge in [0.15, 0.2) is 0 Å². The molecule has 0 N–H and O–H groups in total. The van der Waals surface area contributed by atoms with Crippen molar-refractivity contribution in [3.05, 3.63) is 65.5 Å². The Kier molecular flexibility index (Phi) is 7.63. The highest BCUT2D eigenvalue weighted by Gasteiger charge is 2.30.